The van der Waals surface area contributed by atoms with Gasteiger partial charge in [-0.3, -0.25) is 4.90 Å². The molecule has 2 aromatic heterocycles. The molecule has 1 aliphatic heterocycles. The molecule has 0 spiro atoms. The number of hydrogen-bond donors (Lipinski definition) is 1. The van der Waals surface area contributed by atoms with Crippen LogP contribution in [-0.2, 0) is 6.54 Å². The first-order valence-electron chi connectivity index (χ1n) is 11.5. The molecule has 1 N–H and O–H groups in total. The highest BCUT2D eigenvalue weighted by molar-refractivity contribution is 7.19. The summed E-state index contributed by atoms with van der Waals surface area (Å²) in [6, 6.07) is 19.5. The molecule has 2 aromatic carbocycles. The Bertz CT molecular complexity index is 1430. The molecule has 0 aliphatic carbocycles. The first kappa shape index (κ1) is 24.8. The minimum Gasteiger partial charge on any atom is -0.380 e. The van der Waals surface area contributed by atoms with Crippen LogP contribution in [0.1, 0.15) is 29.0 Å². The normalized spacial score (nSPS) is 16.0. The number of hydrogen-bond acceptors (Lipinski definition) is 4. The van der Waals surface area contributed by atoms with Crippen LogP contribution in [0.15, 0.2) is 66.9 Å². The number of fused-ring (bicyclic) bond motifs is 1. The van der Waals surface area contributed by atoms with Gasteiger partial charge in [-0.2, -0.15) is 13.2 Å². The first-order valence-corrected chi connectivity index (χ1v) is 12.7. The number of piperidine rings is 1. The van der Waals surface area contributed by atoms with Crippen molar-refractivity contribution in [1.29, 1.82) is 0 Å². The molecule has 36 heavy (non-hydrogen) atoms. The number of aliphatic hydroxyl groups is 1. The fourth-order valence-corrected chi connectivity index (χ4v) is 5.47. The lowest BCUT2D eigenvalue weighted by molar-refractivity contribution is -0.272. The Morgan fingerprint density at radius 3 is 2.36 bits per heavy atom. The lowest BCUT2D eigenvalue weighted by Gasteiger charge is -2.38. The van der Waals surface area contributed by atoms with Crippen molar-refractivity contribution in [2.75, 3.05) is 13.1 Å². The Balaban J connectivity index is 1.25. The molecule has 0 bridgehead atoms. The standard InChI is InChI=1S/C28H22ClF3N2OS/c29-23-6-3-20(4-7-23)21-5-9-24(33-17-21)8-1-19-2-10-26-22(15-19)16-25(36-26)18-34-13-11-27(35,12-14-34)28(30,31)32/h2-7,9-10,15-17,35H,11-14,18H2. The molecule has 0 amide bonds. The maximum atomic E-state index is 13.0. The van der Waals surface area contributed by atoms with E-state index in [4.69, 9.17) is 11.6 Å². The molecule has 0 saturated carbocycles. The van der Waals surface area contributed by atoms with E-state index < -0.39 is 11.8 Å². The maximum absolute atomic E-state index is 13.0. The van der Waals surface area contributed by atoms with Crippen LogP contribution in [-0.4, -0.2) is 39.9 Å². The van der Waals surface area contributed by atoms with Crippen LogP contribution in [0.5, 0.6) is 0 Å². The van der Waals surface area contributed by atoms with E-state index in [1.54, 1.807) is 17.5 Å². The summed E-state index contributed by atoms with van der Waals surface area (Å²) in [5.41, 5.74) is 0.987. The average molecular weight is 527 g/mol. The second-order valence-corrected chi connectivity index (χ2v) is 10.6. The van der Waals surface area contributed by atoms with Crippen molar-refractivity contribution in [3.63, 3.8) is 0 Å². The third-order valence-electron chi connectivity index (χ3n) is 6.43. The molecule has 0 radical (unpaired) electrons. The van der Waals surface area contributed by atoms with Crippen molar-refractivity contribution in [3.8, 4) is 23.0 Å². The Morgan fingerprint density at radius 2 is 1.69 bits per heavy atom. The number of rotatable bonds is 3. The summed E-state index contributed by atoms with van der Waals surface area (Å²) in [7, 11) is 0. The predicted octanol–water partition coefficient (Wildman–Crippen LogP) is 6.91. The van der Waals surface area contributed by atoms with Crippen LogP contribution in [0.3, 0.4) is 0 Å². The van der Waals surface area contributed by atoms with Gasteiger partial charge in [-0.15, -0.1) is 11.3 Å². The van der Waals surface area contributed by atoms with Gasteiger partial charge in [0.25, 0.3) is 0 Å². The van der Waals surface area contributed by atoms with E-state index in [9.17, 15) is 18.3 Å². The Kier molecular flexibility index (Phi) is 6.80. The van der Waals surface area contributed by atoms with Crippen LogP contribution in [0.25, 0.3) is 21.2 Å². The SMILES string of the molecule is OC1(C(F)(F)F)CCN(Cc2cc3cc(C#Cc4ccc(-c5ccc(Cl)cc5)cn4)ccc3s2)CC1. The van der Waals surface area contributed by atoms with E-state index >= 15 is 0 Å². The zero-order chi connectivity index (χ0) is 25.3. The lowest BCUT2D eigenvalue weighted by Crippen LogP contribution is -2.53. The van der Waals surface area contributed by atoms with E-state index in [0.717, 1.165) is 31.7 Å². The van der Waals surface area contributed by atoms with Crippen LogP contribution in [0.4, 0.5) is 13.2 Å². The molecule has 3 nitrogen and oxygen atoms in total. The van der Waals surface area contributed by atoms with Gasteiger partial charge in [0.15, 0.2) is 5.60 Å². The first-order chi connectivity index (χ1) is 17.2. The molecule has 1 fully saturated rings. The van der Waals surface area contributed by atoms with Gasteiger partial charge in [-0.1, -0.05) is 35.7 Å². The third kappa shape index (κ3) is 5.42. The molecule has 8 heteroatoms. The Hall–Kier alpha value is -2.89. The molecule has 1 saturated heterocycles. The lowest BCUT2D eigenvalue weighted by atomic mass is 9.91. The van der Waals surface area contributed by atoms with E-state index in [-0.39, 0.29) is 25.9 Å². The van der Waals surface area contributed by atoms with Crippen LogP contribution in [0.2, 0.25) is 5.02 Å². The van der Waals surface area contributed by atoms with E-state index in [2.05, 4.69) is 22.9 Å². The minimum absolute atomic E-state index is 0.213. The van der Waals surface area contributed by atoms with Crippen LogP contribution < -0.4 is 0 Å². The number of nitrogens with zero attached hydrogens (tertiary/aromatic N) is 2. The average Bonchev–Trinajstić information content (AvgIpc) is 3.26. The number of pyridine rings is 1. The smallest absolute Gasteiger partial charge is 0.380 e. The highest BCUT2D eigenvalue weighted by Gasteiger charge is 2.54. The predicted molar refractivity (Wildman–Crippen MR) is 138 cm³/mol. The van der Waals surface area contributed by atoms with Crippen LogP contribution >= 0.6 is 22.9 Å². The topological polar surface area (TPSA) is 36.4 Å². The van der Waals surface area contributed by atoms with Gasteiger partial charge < -0.3 is 5.11 Å². The van der Waals surface area contributed by atoms with Crippen LogP contribution in [0, 0.1) is 11.8 Å². The van der Waals surface area contributed by atoms with Gasteiger partial charge in [-0.25, -0.2) is 4.98 Å². The van der Waals surface area contributed by atoms with Crippen molar-refractivity contribution in [2.45, 2.75) is 31.2 Å². The highest BCUT2D eigenvalue weighted by atomic mass is 35.5. The monoisotopic (exact) mass is 526 g/mol. The number of aromatic nitrogens is 1. The van der Waals surface area contributed by atoms with Crippen molar-refractivity contribution in [2.24, 2.45) is 0 Å². The minimum atomic E-state index is -4.58. The number of thiophene rings is 1. The molecule has 5 rings (SSSR count). The largest absolute Gasteiger partial charge is 0.417 e. The number of halogens is 4. The summed E-state index contributed by atoms with van der Waals surface area (Å²) in [5, 5.41) is 11.6. The van der Waals surface area contributed by atoms with E-state index in [1.807, 2.05) is 59.5 Å². The highest BCUT2D eigenvalue weighted by Crippen LogP contribution is 2.39. The molecule has 3 heterocycles. The zero-order valence-corrected chi connectivity index (χ0v) is 20.7. The molecule has 1 aliphatic rings. The van der Waals surface area contributed by atoms with Gasteiger partial charge in [0.05, 0.1) is 0 Å². The second kappa shape index (κ2) is 9.87. The van der Waals surface area contributed by atoms with Crippen molar-refractivity contribution in [1.82, 2.24) is 9.88 Å². The van der Waals surface area contributed by atoms with Crippen molar-refractivity contribution >= 4 is 33.0 Å². The van der Waals surface area contributed by atoms with E-state index in [0.29, 0.717) is 17.3 Å². The summed E-state index contributed by atoms with van der Waals surface area (Å²) >= 11 is 7.58. The Morgan fingerprint density at radius 1 is 0.972 bits per heavy atom. The number of alkyl halides is 3. The quantitative estimate of drug-likeness (QED) is 0.295. The zero-order valence-electron chi connectivity index (χ0n) is 19.1. The van der Waals surface area contributed by atoms with E-state index in [1.165, 1.54) is 0 Å². The molecule has 0 atom stereocenters. The second-order valence-electron chi connectivity index (χ2n) is 8.96. The van der Waals surface area contributed by atoms with Gasteiger partial charge in [0.1, 0.15) is 5.69 Å². The molecule has 4 aromatic rings. The number of likely N-dealkylation sites (tertiary alicyclic amines) is 1. The molecular weight excluding hydrogens is 505 g/mol. The maximum Gasteiger partial charge on any atom is 0.417 e. The third-order valence-corrected chi connectivity index (χ3v) is 7.79. The summed E-state index contributed by atoms with van der Waals surface area (Å²) in [5.74, 6) is 6.27. The molecule has 0 unspecified atom stereocenters. The Labute approximate surface area is 216 Å². The van der Waals surface area contributed by atoms with Gasteiger partial charge in [0, 0.05) is 51.6 Å². The summed E-state index contributed by atoms with van der Waals surface area (Å²) in [6.07, 6.45) is -3.38. The fraction of sp³-hybridized carbons (Fsp3) is 0.250. The van der Waals surface area contributed by atoms with Gasteiger partial charge in [0.2, 0.25) is 0 Å². The van der Waals surface area contributed by atoms with Crippen molar-refractivity contribution in [3.05, 3.63) is 88.0 Å². The van der Waals surface area contributed by atoms with Gasteiger partial charge >= 0.3 is 6.18 Å². The summed E-state index contributed by atoms with van der Waals surface area (Å²) in [4.78, 5) is 7.49. The molecule has 184 valence electrons. The van der Waals surface area contributed by atoms with Crippen molar-refractivity contribution < 1.29 is 18.3 Å². The number of benzene rings is 2. The fourth-order valence-electron chi connectivity index (χ4n) is 4.26. The van der Waals surface area contributed by atoms with Gasteiger partial charge in [-0.05, 0) is 72.2 Å². The summed E-state index contributed by atoms with van der Waals surface area (Å²) < 4.78 is 40.2. The summed E-state index contributed by atoms with van der Waals surface area (Å²) in [6.45, 7) is 0.994. The molecular formula is C28H22ClF3N2OS.